The van der Waals surface area contributed by atoms with Crippen LogP contribution in [0.3, 0.4) is 0 Å². The number of benzene rings is 1. The summed E-state index contributed by atoms with van der Waals surface area (Å²) in [6.07, 6.45) is 3.11. The van der Waals surface area contributed by atoms with Crippen LogP contribution >= 0.6 is 15.9 Å². The van der Waals surface area contributed by atoms with Gasteiger partial charge in [0.1, 0.15) is 0 Å². The highest BCUT2D eigenvalue weighted by molar-refractivity contribution is 9.10. The van der Waals surface area contributed by atoms with Crippen LogP contribution in [0.2, 0.25) is 0 Å². The van der Waals surface area contributed by atoms with Crippen LogP contribution in [0.15, 0.2) is 28.7 Å². The maximum atomic E-state index is 11.6. The lowest BCUT2D eigenvalue weighted by atomic mass is 9.85. The molecule has 0 saturated heterocycles. The molecular formula is C15H20BrNO. The van der Waals surface area contributed by atoms with Gasteiger partial charge in [0, 0.05) is 16.9 Å². The second-order valence-corrected chi connectivity index (χ2v) is 6.88. The number of hydrogen-bond donors (Lipinski definition) is 1. The Kier molecular flexibility index (Phi) is 4.10. The maximum absolute atomic E-state index is 11.6. The molecule has 0 radical (unpaired) electrons. The highest BCUT2D eigenvalue weighted by Gasteiger charge is 2.30. The summed E-state index contributed by atoms with van der Waals surface area (Å²) >= 11 is 3.44. The first-order valence-electron chi connectivity index (χ1n) is 6.48. The molecule has 1 saturated carbocycles. The molecule has 1 aliphatic rings. The Morgan fingerprint density at radius 2 is 1.94 bits per heavy atom. The largest absolute Gasteiger partial charge is 0.355 e. The van der Waals surface area contributed by atoms with Crippen molar-refractivity contribution in [2.75, 3.05) is 6.54 Å². The Morgan fingerprint density at radius 3 is 2.50 bits per heavy atom. The topological polar surface area (TPSA) is 29.1 Å². The van der Waals surface area contributed by atoms with Crippen molar-refractivity contribution >= 4 is 21.8 Å². The van der Waals surface area contributed by atoms with Crippen LogP contribution in [0.1, 0.15) is 32.3 Å². The number of amides is 1. The summed E-state index contributed by atoms with van der Waals surface area (Å²) in [5, 5.41) is 3.07. The van der Waals surface area contributed by atoms with E-state index in [1.54, 1.807) is 0 Å². The Morgan fingerprint density at radius 1 is 1.33 bits per heavy atom. The zero-order valence-electron chi connectivity index (χ0n) is 11.0. The van der Waals surface area contributed by atoms with E-state index < -0.39 is 0 Å². The molecule has 1 amide bonds. The van der Waals surface area contributed by atoms with Crippen LogP contribution in [-0.2, 0) is 11.2 Å². The average molecular weight is 310 g/mol. The fraction of sp³-hybridized carbons (Fsp3) is 0.533. The van der Waals surface area contributed by atoms with Gasteiger partial charge < -0.3 is 5.32 Å². The van der Waals surface area contributed by atoms with Gasteiger partial charge in [0.15, 0.2) is 0 Å². The fourth-order valence-electron chi connectivity index (χ4n) is 2.03. The minimum atomic E-state index is 0.0956. The summed E-state index contributed by atoms with van der Waals surface area (Å²) in [6.45, 7) is 5.14. The van der Waals surface area contributed by atoms with Gasteiger partial charge in [-0.2, -0.15) is 0 Å². The van der Waals surface area contributed by atoms with E-state index in [0.29, 0.717) is 5.92 Å². The van der Waals surface area contributed by atoms with Crippen molar-refractivity contribution in [3.8, 4) is 0 Å². The van der Waals surface area contributed by atoms with Crippen LogP contribution in [-0.4, -0.2) is 12.5 Å². The SMILES string of the molecule is CC(C)(CNC(=O)C1CC1)Cc1ccc(Br)cc1. The van der Waals surface area contributed by atoms with E-state index in [9.17, 15) is 4.79 Å². The highest BCUT2D eigenvalue weighted by Crippen LogP contribution is 2.29. The van der Waals surface area contributed by atoms with E-state index in [1.807, 2.05) is 0 Å². The molecule has 1 aromatic carbocycles. The molecule has 98 valence electrons. The number of halogens is 1. The molecule has 0 atom stereocenters. The predicted octanol–water partition coefficient (Wildman–Crippen LogP) is 3.54. The van der Waals surface area contributed by atoms with Gasteiger partial charge in [0.2, 0.25) is 5.91 Å². The predicted molar refractivity (Wildman–Crippen MR) is 77.4 cm³/mol. The lowest BCUT2D eigenvalue weighted by Gasteiger charge is -2.25. The summed E-state index contributed by atoms with van der Waals surface area (Å²) in [4.78, 5) is 11.6. The monoisotopic (exact) mass is 309 g/mol. The van der Waals surface area contributed by atoms with Gasteiger partial charge in [-0.3, -0.25) is 4.79 Å². The van der Waals surface area contributed by atoms with Crippen molar-refractivity contribution in [3.63, 3.8) is 0 Å². The molecule has 2 nitrogen and oxygen atoms in total. The van der Waals surface area contributed by atoms with Gasteiger partial charge in [-0.15, -0.1) is 0 Å². The van der Waals surface area contributed by atoms with Gasteiger partial charge >= 0.3 is 0 Å². The molecule has 1 N–H and O–H groups in total. The van der Waals surface area contributed by atoms with Crippen LogP contribution in [0.4, 0.5) is 0 Å². The van der Waals surface area contributed by atoms with E-state index in [-0.39, 0.29) is 11.3 Å². The molecule has 0 spiro atoms. The zero-order valence-corrected chi connectivity index (χ0v) is 12.6. The lowest BCUT2D eigenvalue weighted by molar-refractivity contribution is -0.122. The van der Waals surface area contributed by atoms with E-state index in [2.05, 4.69) is 59.4 Å². The van der Waals surface area contributed by atoms with Crippen LogP contribution in [0.5, 0.6) is 0 Å². The van der Waals surface area contributed by atoms with Crippen molar-refractivity contribution in [2.24, 2.45) is 11.3 Å². The molecule has 3 heteroatoms. The third-order valence-corrected chi connectivity index (χ3v) is 3.81. The van der Waals surface area contributed by atoms with Crippen molar-refractivity contribution in [3.05, 3.63) is 34.3 Å². The molecule has 1 aromatic rings. The van der Waals surface area contributed by atoms with Crippen molar-refractivity contribution in [1.82, 2.24) is 5.32 Å². The molecular weight excluding hydrogens is 290 g/mol. The van der Waals surface area contributed by atoms with Gasteiger partial charge in [-0.25, -0.2) is 0 Å². The number of carbonyl (C=O) groups is 1. The molecule has 0 aromatic heterocycles. The molecule has 0 unspecified atom stereocenters. The van der Waals surface area contributed by atoms with E-state index in [1.165, 1.54) is 5.56 Å². The first-order chi connectivity index (χ1) is 8.46. The van der Waals surface area contributed by atoms with Crippen LogP contribution < -0.4 is 5.32 Å². The molecule has 2 rings (SSSR count). The quantitative estimate of drug-likeness (QED) is 0.885. The first kappa shape index (κ1) is 13.6. The second kappa shape index (κ2) is 5.43. The van der Waals surface area contributed by atoms with Crippen molar-refractivity contribution in [2.45, 2.75) is 33.1 Å². The maximum Gasteiger partial charge on any atom is 0.223 e. The summed E-state index contributed by atoms with van der Waals surface area (Å²) in [5.74, 6) is 0.535. The van der Waals surface area contributed by atoms with E-state index in [4.69, 9.17) is 0 Å². The zero-order chi connectivity index (χ0) is 13.2. The van der Waals surface area contributed by atoms with Gasteiger partial charge in [0.05, 0.1) is 0 Å². The molecule has 1 fully saturated rings. The van der Waals surface area contributed by atoms with Crippen LogP contribution in [0.25, 0.3) is 0 Å². The number of carbonyl (C=O) groups excluding carboxylic acids is 1. The summed E-state index contributed by atoms with van der Waals surface area (Å²) in [7, 11) is 0. The molecule has 0 aliphatic heterocycles. The van der Waals surface area contributed by atoms with E-state index >= 15 is 0 Å². The Bertz CT molecular complexity index is 421. The number of hydrogen-bond acceptors (Lipinski definition) is 1. The Labute approximate surface area is 117 Å². The van der Waals surface area contributed by atoms with Gasteiger partial charge in [0.25, 0.3) is 0 Å². The third kappa shape index (κ3) is 4.13. The number of nitrogens with one attached hydrogen (secondary N) is 1. The number of rotatable bonds is 5. The highest BCUT2D eigenvalue weighted by atomic mass is 79.9. The molecule has 0 bridgehead atoms. The average Bonchev–Trinajstić information content (AvgIpc) is 3.13. The fourth-order valence-corrected chi connectivity index (χ4v) is 2.30. The first-order valence-corrected chi connectivity index (χ1v) is 7.28. The molecule has 1 aliphatic carbocycles. The van der Waals surface area contributed by atoms with Gasteiger partial charge in [-0.05, 0) is 42.4 Å². The minimum absolute atomic E-state index is 0.0956. The smallest absolute Gasteiger partial charge is 0.223 e. The third-order valence-electron chi connectivity index (χ3n) is 3.29. The summed E-state index contributed by atoms with van der Waals surface area (Å²) < 4.78 is 1.10. The summed E-state index contributed by atoms with van der Waals surface area (Å²) in [6, 6.07) is 8.39. The van der Waals surface area contributed by atoms with Crippen molar-refractivity contribution in [1.29, 1.82) is 0 Å². The second-order valence-electron chi connectivity index (χ2n) is 5.96. The van der Waals surface area contributed by atoms with Gasteiger partial charge in [-0.1, -0.05) is 41.9 Å². The summed E-state index contributed by atoms with van der Waals surface area (Å²) in [5.41, 5.74) is 1.40. The molecule has 0 heterocycles. The Balaban J connectivity index is 1.85. The van der Waals surface area contributed by atoms with Crippen LogP contribution in [0, 0.1) is 11.3 Å². The standard InChI is InChI=1S/C15H20BrNO/c1-15(2,10-17-14(18)12-5-6-12)9-11-3-7-13(16)8-4-11/h3-4,7-8,12H,5-6,9-10H2,1-2H3,(H,17,18). The van der Waals surface area contributed by atoms with E-state index in [0.717, 1.165) is 30.3 Å². The minimum Gasteiger partial charge on any atom is -0.355 e. The Hall–Kier alpha value is -0.830. The van der Waals surface area contributed by atoms with Crippen molar-refractivity contribution < 1.29 is 4.79 Å². The lowest BCUT2D eigenvalue weighted by Crippen LogP contribution is -2.36. The normalized spacial score (nSPS) is 15.5. The molecule has 18 heavy (non-hydrogen) atoms.